The second kappa shape index (κ2) is 10.7. The number of hydrogen-bond acceptors (Lipinski definition) is 8. The molecule has 0 radical (unpaired) electrons. The van der Waals surface area contributed by atoms with Gasteiger partial charge in [-0.15, -0.1) is 10.2 Å². The summed E-state index contributed by atoms with van der Waals surface area (Å²) in [6, 6.07) is 17.9. The van der Waals surface area contributed by atoms with E-state index in [1.807, 2.05) is 47.0 Å². The van der Waals surface area contributed by atoms with Gasteiger partial charge >= 0.3 is 0 Å². The zero-order chi connectivity index (χ0) is 24.0. The number of morpholine rings is 1. The topological polar surface area (TPSA) is 95.5 Å². The van der Waals surface area contributed by atoms with Crippen molar-refractivity contribution in [2.24, 2.45) is 0 Å². The minimum absolute atomic E-state index is 0.139. The minimum Gasteiger partial charge on any atom is -0.497 e. The van der Waals surface area contributed by atoms with Crippen molar-refractivity contribution >= 4 is 17.7 Å². The molecule has 1 saturated heterocycles. The molecule has 0 saturated carbocycles. The molecule has 5 rings (SSSR count). The second-order valence-corrected chi connectivity index (χ2v) is 8.86. The maximum absolute atomic E-state index is 12.7. The highest BCUT2D eigenvalue weighted by molar-refractivity contribution is 7.98. The van der Waals surface area contributed by atoms with Crippen LogP contribution in [0.1, 0.15) is 27.8 Å². The average molecular weight is 492 g/mol. The minimum atomic E-state index is -0.139. The zero-order valence-corrected chi connectivity index (χ0v) is 20.1. The first-order valence-electron chi connectivity index (χ1n) is 11.3. The van der Waals surface area contributed by atoms with E-state index in [1.165, 1.54) is 18.0 Å². The third-order valence-electron chi connectivity index (χ3n) is 5.63. The highest BCUT2D eigenvalue weighted by atomic mass is 32.2. The number of rotatable bonds is 8. The lowest BCUT2D eigenvalue weighted by Gasteiger charge is -2.25. The highest BCUT2D eigenvalue weighted by Crippen LogP contribution is 2.27. The average Bonchev–Trinajstić information content (AvgIpc) is 3.55. The third-order valence-corrected chi connectivity index (χ3v) is 6.54. The van der Waals surface area contributed by atoms with Gasteiger partial charge in [-0.3, -0.25) is 9.36 Å². The molecule has 2 aromatic carbocycles. The summed E-state index contributed by atoms with van der Waals surface area (Å²) in [7, 11) is 1.64. The summed E-state index contributed by atoms with van der Waals surface area (Å²) in [5.41, 5.74) is 2.38. The fraction of sp³-hybridized carbons (Fsp3) is 0.280. The molecule has 0 bridgehead atoms. The van der Waals surface area contributed by atoms with Crippen molar-refractivity contribution in [1.29, 1.82) is 0 Å². The van der Waals surface area contributed by atoms with Crippen LogP contribution < -0.4 is 4.74 Å². The Balaban J connectivity index is 1.35. The summed E-state index contributed by atoms with van der Waals surface area (Å²) in [6.45, 7) is 2.20. The van der Waals surface area contributed by atoms with Crippen LogP contribution in [0.15, 0.2) is 70.4 Å². The predicted octanol–water partition coefficient (Wildman–Crippen LogP) is 3.62. The van der Waals surface area contributed by atoms with E-state index in [1.54, 1.807) is 12.0 Å². The zero-order valence-electron chi connectivity index (χ0n) is 19.3. The molecule has 1 fully saturated rings. The summed E-state index contributed by atoms with van der Waals surface area (Å²) in [4.78, 5) is 18.8. The van der Waals surface area contributed by atoms with Crippen LogP contribution in [0.5, 0.6) is 5.75 Å². The fourth-order valence-corrected chi connectivity index (χ4v) is 4.63. The second-order valence-electron chi connectivity index (χ2n) is 7.91. The number of ether oxygens (including phenoxy) is 2. The number of amides is 1. The van der Waals surface area contributed by atoms with Crippen LogP contribution in [0, 0.1) is 0 Å². The smallest absolute Gasteiger partial charge is 0.275 e. The van der Waals surface area contributed by atoms with Crippen molar-refractivity contribution < 1.29 is 18.7 Å². The van der Waals surface area contributed by atoms with E-state index in [-0.39, 0.29) is 5.91 Å². The van der Waals surface area contributed by atoms with Gasteiger partial charge in [-0.05, 0) is 29.8 Å². The van der Waals surface area contributed by atoms with Crippen molar-refractivity contribution in [1.82, 2.24) is 24.6 Å². The molecule has 0 aliphatic carbocycles. The molecule has 0 spiro atoms. The monoisotopic (exact) mass is 491 g/mol. The van der Waals surface area contributed by atoms with E-state index in [0.29, 0.717) is 55.2 Å². The van der Waals surface area contributed by atoms with Crippen molar-refractivity contribution in [3.05, 3.63) is 83.8 Å². The summed E-state index contributed by atoms with van der Waals surface area (Å²) < 4.78 is 18.2. The first-order chi connectivity index (χ1) is 17.2. The van der Waals surface area contributed by atoms with E-state index in [9.17, 15) is 4.79 Å². The summed E-state index contributed by atoms with van der Waals surface area (Å²) in [6.07, 6.45) is 2.06. The number of carbonyl (C=O) groups excluding carboxylic acids is 1. The molecule has 10 heteroatoms. The van der Waals surface area contributed by atoms with Crippen LogP contribution in [0.2, 0.25) is 0 Å². The lowest BCUT2D eigenvalue weighted by Crippen LogP contribution is -2.40. The number of benzene rings is 2. The van der Waals surface area contributed by atoms with Gasteiger partial charge in [0.2, 0.25) is 5.89 Å². The number of carbonyl (C=O) groups is 1. The van der Waals surface area contributed by atoms with Crippen LogP contribution in [0.3, 0.4) is 0 Å². The van der Waals surface area contributed by atoms with Crippen LogP contribution >= 0.6 is 11.8 Å². The fourth-order valence-electron chi connectivity index (χ4n) is 3.81. The van der Waals surface area contributed by atoms with Crippen molar-refractivity contribution in [3.63, 3.8) is 0 Å². The molecule has 2 aromatic heterocycles. The first-order valence-corrected chi connectivity index (χ1v) is 12.3. The summed E-state index contributed by atoms with van der Waals surface area (Å²) in [5.74, 6) is 2.33. The quantitative estimate of drug-likeness (QED) is 0.345. The molecule has 1 aliphatic heterocycles. The molecule has 4 aromatic rings. The predicted molar refractivity (Wildman–Crippen MR) is 130 cm³/mol. The first kappa shape index (κ1) is 23.1. The Morgan fingerprint density at radius 2 is 1.83 bits per heavy atom. The van der Waals surface area contributed by atoms with E-state index in [0.717, 1.165) is 22.8 Å². The molecule has 1 amide bonds. The molecule has 35 heavy (non-hydrogen) atoms. The number of methoxy groups -OCH3 is 1. The van der Waals surface area contributed by atoms with E-state index in [2.05, 4.69) is 27.3 Å². The number of nitrogens with zero attached hydrogens (tertiary/aromatic N) is 5. The largest absolute Gasteiger partial charge is 0.497 e. The molecular formula is C25H25N5O4S. The molecule has 9 nitrogen and oxygen atoms in total. The van der Waals surface area contributed by atoms with Crippen molar-refractivity contribution in [2.75, 3.05) is 33.4 Å². The van der Waals surface area contributed by atoms with Gasteiger partial charge in [0.1, 0.15) is 17.8 Å². The standard InChI is InChI=1S/C25H25N5O4S/c1-32-20-9-7-19(8-10-20)30-22(15-18-5-3-2-4-6-18)27-28-25(30)35-17-23-26-21(16-34-23)24(31)29-11-13-33-14-12-29/h2-10,16H,11-15,17H2,1H3. The number of aromatic nitrogens is 4. The van der Waals surface area contributed by atoms with Gasteiger partial charge in [0.15, 0.2) is 10.9 Å². The van der Waals surface area contributed by atoms with Gasteiger partial charge in [0, 0.05) is 25.2 Å². The van der Waals surface area contributed by atoms with Crippen LogP contribution in [0.25, 0.3) is 5.69 Å². The van der Waals surface area contributed by atoms with Gasteiger partial charge in [-0.25, -0.2) is 4.98 Å². The molecule has 0 N–H and O–H groups in total. The summed E-state index contributed by atoms with van der Waals surface area (Å²) >= 11 is 1.45. The van der Waals surface area contributed by atoms with Crippen LogP contribution in [-0.4, -0.2) is 64.0 Å². The molecular weight excluding hydrogens is 466 g/mol. The van der Waals surface area contributed by atoms with Crippen LogP contribution in [-0.2, 0) is 16.9 Å². The maximum Gasteiger partial charge on any atom is 0.275 e. The van der Waals surface area contributed by atoms with E-state index < -0.39 is 0 Å². The Hall–Kier alpha value is -3.63. The van der Waals surface area contributed by atoms with E-state index in [4.69, 9.17) is 13.9 Å². The van der Waals surface area contributed by atoms with Gasteiger partial charge in [0.05, 0.1) is 26.1 Å². The van der Waals surface area contributed by atoms with Gasteiger partial charge < -0.3 is 18.8 Å². The van der Waals surface area contributed by atoms with Gasteiger partial charge in [-0.1, -0.05) is 42.1 Å². The normalized spacial score (nSPS) is 13.7. The summed E-state index contributed by atoms with van der Waals surface area (Å²) in [5, 5.41) is 9.63. The lowest BCUT2D eigenvalue weighted by atomic mass is 10.1. The van der Waals surface area contributed by atoms with Crippen molar-refractivity contribution in [3.8, 4) is 11.4 Å². The van der Waals surface area contributed by atoms with Gasteiger partial charge in [0.25, 0.3) is 5.91 Å². The molecule has 0 unspecified atom stereocenters. The Bertz CT molecular complexity index is 1270. The van der Waals surface area contributed by atoms with Crippen molar-refractivity contribution in [2.45, 2.75) is 17.3 Å². The Morgan fingerprint density at radius 1 is 1.06 bits per heavy atom. The number of thioether (sulfide) groups is 1. The lowest BCUT2D eigenvalue weighted by molar-refractivity contribution is 0.0299. The highest BCUT2D eigenvalue weighted by Gasteiger charge is 2.22. The molecule has 3 heterocycles. The Labute approximate surface area is 207 Å². The number of oxazole rings is 1. The third kappa shape index (κ3) is 5.39. The molecule has 1 aliphatic rings. The Morgan fingerprint density at radius 3 is 2.57 bits per heavy atom. The molecule has 0 atom stereocenters. The SMILES string of the molecule is COc1ccc(-n2c(Cc3ccccc3)nnc2SCc2nc(C(=O)N3CCOCC3)co2)cc1. The van der Waals surface area contributed by atoms with Gasteiger partial charge in [-0.2, -0.15) is 0 Å². The molecule has 180 valence electrons. The van der Waals surface area contributed by atoms with E-state index >= 15 is 0 Å². The maximum atomic E-state index is 12.7. The number of hydrogen-bond donors (Lipinski definition) is 0. The Kier molecular flexibility index (Phi) is 7.10. The van der Waals surface area contributed by atoms with Crippen LogP contribution in [0.4, 0.5) is 0 Å².